The van der Waals surface area contributed by atoms with E-state index in [1.807, 2.05) is 0 Å². The van der Waals surface area contributed by atoms with Crippen LogP contribution in [0.4, 0.5) is 0 Å². The zero-order valence-corrected chi connectivity index (χ0v) is 11.9. The molecule has 0 atom stereocenters. The second kappa shape index (κ2) is 13.6. The van der Waals surface area contributed by atoms with E-state index in [0.717, 1.165) is 12.8 Å². The molecule has 0 heterocycles. The van der Waals surface area contributed by atoms with E-state index in [4.69, 9.17) is 10.0 Å². The van der Waals surface area contributed by atoms with Gasteiger partial charge in [-0.3, -0.25) is 0 Å². The van der Waals surface area contributed by atoms with Crippen molar-refractivity contribution in [3.8, 4) is 0 Å². The molecule has 2 N–H and O–H groups in total. The second-order valence-electron chi connectivity index (χ2n) is 4.23. The van der Waals surface area contributed by atoms with Gasteiger partial charge < -0.3 is 24.9 Å². The van der Waals surface area contributed by atoms with Crippen LogP contribution in [0.3, 0.4) is 0 Å². The molecule has 2 aliphatic carbocycles. The summed E-state index contributed by atoms with van der Waals surface area (Å²) in [6.45, 7) is 0. The molecule has 2 fully saturated rings. The molecule has 16 heavy (non-hydrogen) atoms. The summed E-state index contributed by atoms with van der Waals surface area (Å²) < 4.78 is 0. The van der Waals surface area contributed by atoms with Gasteiger partial charge in [-0.25, -0.2) is 0 Å². The molecule has 0 unspecified atom stereocenters. The molecule has 0 aromatic heterocycles. The third-order valence-electron chi connectivity index (χ3n) is 3.07. The van der Waals surface area contributed by atoms with E-state index >= 15 is 0 Å². The van der Waals surface area contributed by atoms with Gasteiger partial charge in [-0.2, -0.15) is 0 Å². The van der Waals surface area contributed by atoms with Crippen LogP contribution in [0.1, 0.15) is 57.8 Å². The molecule has 98 valence electrons. The van der Waals surface area contributed by atoms with Crippen molar-refractivity contribution in [3.63, 3.8) is 0 Å². The minimum Gasteiger partial charge on any atom is -0.427 e. The van der Waals surface area contributed by atoms with Crippen molar-refractivity contribution in [2.24, 2.45) is 0 Å². The van der Waals surface area contributed by atoms with Gasteiger partial charge in [0.2, 0.25) is 0 Å². The van der Waals surface area contributed by atoms with Crippen molar-refractivity contribution in [1.82, 2.24) is 0 Å². The number of hydrogen-bond donors (Lipinski definition) is 2. The molecule has 2 saturated carbocycles. The molecule has 4 heteroatoms. The van der Waals surface area contributed by atoms with Crippen molar-refractivity contribution in [2.45, 2.75) is 63.6 Å². The predicted octanol–water partition coefficient (Wildman–Crippen LogP) is 3.25. The summed E-state index contributed by atoms with van der Waals surface area (Å²) in [7, 11) is -1.06. The van der Waals surface area contributed by atoms with Crippen LogP contribution in [0.25, 0.3) is 0 Å². The Kier molecular flexibility index (Phi) is 18.4. The van der Waals surface area contributed by atoms with Crippen molar-refractivity contribution >= 4 is 7.12 Å². The molecule has 0 aliphatic heterocycles. The maximum absolute atomic E-state index is 8.61. The van der Waals surface area contributed by atoms with E-state index < -0.39 is 7.12 Å². The molecular formula is C12H27BFeO2. The number of hydrogen-bond acceptors (Lipinski definition) is 2. The third-order valence-corrected chi connectivity index (χ3v) is 3.07. The van der Waals surface area contributed by atoms with Gasteiger partial charge in [0, 0.05) is 0 Å². The summed E-state index contributed by atoms with van der Waals surface area (Å²) in [5, 5.41) is 17.2. The molecule has 0 aromatic rings. The average molecular weight is 270 g/mol. The zero-order valence-electron chi connectivity index (χ0n) is 10.8. The fourth-order valence-corrected chi connectivity index (χ4v) is 2.14. The Morgan fingerprint density at radius 1 is 0.688 bits per heavy atom. The standard InChI is InChI=1S/C5H11BO2.C5H10.2CH3.Fe/c7-6(8)5-3-1-2-4-5;1-2-4-5-3-1;;;/h5,7-8H,1-4H2;1-5H2;2*1H3;/q;;2*-1;+2. The maximum Gasteiger partial charge on any atom is 2.00 e. The van der Waals surface area contributed by atoms with Gasteiger partial charge in [-0.15, -0.1) is 0 Å². The summed E-state index contributed by atoms with van der Waals surface area (Å²) >= 11 is 0. The van der Waals surface area contributed by atoms with Crippen molar-refractivity contribution in [3.05, 3.63) is 14.9 Å². The topological polar surface area (TPSA) is 40.5 Å². The van der Waals surface area contributed by atoms with Crippen molar-refractivity contribution in [2.75, 3.05) is 0 Å². The Labute approximate surface area is 113 Å². The Balaban J connectivity index is -0.000000189. The van der Waals surface area contributed by atoms with E-state index in [2.05, 4.69) is 0 Å². The molecule has 2 rings (SSSR count). The molecule has 0 amide bonds. The van der Waals surface area contributed by atoms with Gasteiger partial charge >= 0.3 is 24.2 Å². The van der Waals surface area contributed by atoms with E-state index in [9.17, 15) is 0 Å². The van der Waals surface area contributed by atoms with Crippen LogP contribution in [0.5, 0.6) is 0 Å². The molecule has 0 aromatic carbocycles. The SMILES string of the molecule is C1CCCC1.OB(O)C1CCCC1.[CH3-].[CH3-].[Fe+2]. The summed E-state index contributed by atoms with van der Waals surface area (Å²) in [6, 6.07) is 0. The van der Waals surface area contributed by atoms with Gasteiger partial charge in [0.05, 0.1) is 0 Å². The first-order chi connectivity index (χ1) is 6.30. The predicted molar refractivity (Wildman–Crippen MR) is 68.3 cm³/mol. The van der Waals surface area contributed by atoms with Crippen LogP contribution in [-0.4, -0.2) is 17.2 Å². The largest absolute Gasteiger partial charge is 2.00 e. The van der Waals surface area contributed by atoms with Crippen molar-refractivity contribution < 1.29 is 27.1 Å². The summed E-state index contributed by atoms with van der Waals surface area (Å²) in [5.41, 5.74) is 0. The normalized spacial score (nSPS) is 18.4. The first-order valence-electron chi connectivity index (χ1n) is 5.67. The smallest absolute Gasteiger partial charge is 0.427 e. The Morgan fingerprint density at radius 2 is 1.00 bits per heavy atom. The summed E-state index contributed by atoms with van der Waals surface area (Å²) in [5.74, 6) is 0.176. The summed E-state index contributed by atoms with van der Waals surface area (Å²) in [6.07, 6.45) is 11.8. The maximum atomic E-state index is 8.61. The van der Waals surface area contributed by atoms with Crippen LogP contribution in [0.15, 0.2) is 0 Å². The molecule has 0 saturated heterocycles. The quantitative estimate of drug-likeness (QED) is 0.567. The molecule has 0 radical (unpaired) electrons. The average Bonchev–Trinajstić information content (AvgIpc) is 2.82. The summed E-state index contributed by atoms with van der Waals surface area (Å²) in [4.78, 5) is 0. The van der Waals surface area contributed by atoms with E-state index in [0.29, 0.717) is 0 Å². The fraction of sp³-hybridized carbons (Fsp3) is 0.833. The first-order valence-corrected chi connectivity index (χ1v) is 5.67. The minimum atomic E-state index is -1.06. The monoisotopic (exact) mass is 270 g/mol. The molecular weight excluding hydrogens is 243 g/mol. The van der Waals surface area contributed by atoms with Gasteiger partial charge in [0.15, 0.2) is 0 Å². The van der Waals surface area contributed by atoms with E-state index in [1.165, 1.54) is 44.9 Å². The van der Waals surface area contributed by atoms with Gasteiger partial charge in [-0.05, 0) is 5.82 Å². The Bertz CT molecular complexity index is 117. The van der Waals surface area contributed by atoms with Crippen LogP contribution >= 0.6 is 0 Å². The molecule has 2 aliphatic rings. The van der Waals surface area contributed by atoms with Crippen LogP contribution in [-0.2, 0) is 17.1 Å². The Morgan fingerprint density at radius 3 is 1.19 bits per heavy atom. The molecule has 0 bridgehead atoms. The minimum absolute atomic E-state index is 0. The first kappa shape index (κ1) is 21.8. The van der Waals surface area contributed by atoms with Crippen molar-refractivity contribution in [1.29, 1.82) is 0 Å². The van der Waals surface area contributed by atoms with Crippen LogP contribution in [0.2, 0.25) is 5.82 Å². The van der Waals surface area contributed by atoms with Gasteiger partial charge in [0.1, 0.15) is 0 Å². The Hall–Kier alpha value is 0.504. The van der Waals surface area contributed by atoms with E-state index in [1.54, 1.807) is 0 Å². The van der Waals surface area contributed by atoms with Gasteiger partial charge in [0.25, 0.3) is 0 Å². The zero-order chi connectivity index (χ0) is 9.52. The second-order valence-corrected chi connectivity index (χ2v) is 4.23. The van der Waals surface area contributed by atoms with Crippen LogP contribution < -0.4 is 0 Å². The number of rotatable bonds is 1. The molecule has 0 spiro atoms. The third kappa shape index (κ3) is 9.71. The van der Waals surface area contributed by atoms with E-state index in [-0.39, 0.29) is 37.7 Å². The van der Waals surface area contributed by atoms with Crippen LogP contribution in [0, 0.1) is 14.9 Å². The van der Waals surface area contributed by atoms with Gasteiger partial charge in [-0.1, -0.05) is 57.8 Å². The fourth-order valence-electron chi connectivity index (χ4n) is 2.14. The molecule has 2 nitrogen and oxygen atoms in total.